The van der Waals surface area contributed by atoms with E-state index in [9.17, 15) is 9.90 Å². The normalized spacial score (nSPS) is 20.4. The van der Waals surface area contributed by atoms with Gasteiger partial charge in [-0.25, -0.2) is 4.98 Å². The van der Waals surface area contributed by atoms with Gasteiger partial charge in [0, 0.05) is 13.2 Å². The fourth-order valence-corrected chi connectivity index (χ4v) is 2.87. The molecule has 1 unspecified atom stereocenters. The summed E-state index contributed by atoms with van der Waals surface area (Å²) in [5.74, 6) is 1.04. The first-order valence-corrected chi connectivity index (χ1v) is 7.07. The van der Waals surface area contributed by atoms with E-state index in [0.717, 1.165) is 31.4 Å². The number of para-hydroxylation sites is 1. The van der Waals surface area contributed by atoms with E-state index in [1.165, 1.54) is 0 Å². The van der Waals surface area contributed by atoms with Gasteiger partial charge in [-0.3, -0.25) is 9.69 Å². The Morgan fingerprint density at radius 1 is 1.40 bits per heavy atom. The van der Waals surface area contributed by atoms with Gasteiger partial charge in [-0.1, -0.05) is 12.1 Å². The van der Waals surface area contributed by atoms with Crippen molar-refractivity contribution in [2.75, 3.05) is 19.7 Å². The van der Waals surface area contributed by atoms with Crippen molar-refractivity contribution in [3.8, 4) is 0 Å². The number of fused-ring (bicyclic) bond motifs is 1. The Balaban J connectivity index is 1.82. The van der Waals surface area contributed by atoms with Crippen LogP contribution >= 0.6 is 0 Å². The number of aliphatic hydroxyl groups excluding tert-OH is 1. The zero-order valence-corrected chi connectivity index (χ0v) is 11.4. The van der Waals surface area contributed by atoms with Crippen molar-refractivity contribution in [3.05, 3.63) is 40.4 Å². The molecule has 2 N–H and O–H groups in total. The third-order valence-corrected chi connectivity index (χ3v) is 3.90. The molecule has 0 saturated carbocycles. The predicted molar refractivity (Wildman–Crippen MR) is 77.5 cm³/mol. The van der Waals surface area contributed by atoms with Crippen LogP contribution in [0, 0.1) is 5.92 Å². The van der Waals surface area contributed by atoms with Gasteiger partial charge in [0.2, 0.25) is 0 Å². The lowest BCUT2D eigenvalue weighted by Crippen LogP contribution is -2.37. The molecule has 2 aromatic rings. The van der Waals surface area contributed by atoms with Gasteiger partial charge in [0.15, 0.2) is 0 Å². The molecule has 0 spiro atoms. The molecule has 0 aliphatic carbocycles. The number of rotatable bonds is 3. The lowest BCUT2D eigenvalue weighted by atomic mass is 9.99. The summed E-state index contributed by atoms with van der Waals surface area (Å²) in [6.45, 7) is 2.73. The number of aromatic amines is 1. The molecule has 0 amide bonds. The highest BCUT2D eigenvalue weighted by molar-refractivity contribution is 5.77. The van der Waals surface area contributed by atoms with Crippen LogP contribution in [0.2, 0.25) is 0 Å². The van der Waals surface area contributed by atoms with Crippen molar-refractivity contribution >= 4 is 10.9 Å². The lowest BCUT2D eigenvalue weighted by molar-refractivity contribution is 0.114. The molecule has 0 radical (unpaired) electrons. The first kappa shape index (κ1) is 13.3. The van der Waals surface area contributed by atoms with Gasteiger partial charge in [-0.2, -0.15) is 0 Å². The molecule has 1 fully saturated rings. The van der Waals surface area contributed by atoms with Crippen LogP contribution in [-0.2, 0) is 6.54 Å². The number of H-pyrrole nitrogens is 1. The van der Waals surface area contributed by atoms with E-state index >= 15 is 0 Å². The SMILES string of the molecule is O=c1[nH]c(CN2CCCC(CO)C2)nc2ccccc12. The van der Waals surface area contributed by atoms with Gasteiger partial charge in [0.25, 0.3) is 5.56 Å². The Bertz CT molecular complexity index is 653. The maximum absolute atomic E-state index is 12.0. The van der Waals surface area contributed by atoms with E-state index in [-0.39, 0.29) is 12.2 Å². The van der Waals surface area contributed by atoms with E-state index in [2.05, 4.69) is 14.9 Å². The van der Waals surface area contributed by atoms with Crippen molar-refractivity contribution in [3.63, 3.8) is 0 Å². The molecule has 1 aliphatic rings. The summed E-state index contributed by atoms with van der Waals surface area (Å²) < 4.78 is 0. The minimum atomic E-state index is -0.0821. The minimum absolute atomic E-state index is 0.0821. The van der Waals surface area contributed by atoms with E-state index in [1.807, 2.05) is 18.2 Å². The molecular weight excluding hydrogens is 254 g/mol. The Morgan fingerprint density at radius 2 is 2.25 bits per heavy atom. The second-order valence-corrected chi connectivity index (χ2v) is 5.46. The van der Waals surface area contributed by atoms with Gasteiger partial charge in [0.05, 0.1) is 17.4 Å². The molecule has 3 rings (SSSR count). The number of benzene rings is 1. The van der Waals surface area contributed by atoms with Crippen LogP contribution < -0.4 is 5.56 Å². The Morgan fingerprint density at radius 3 is 3.10 bits per heavy atom. The molecular formula is C15H19N3O2. The van der Waals surface area contributed by atoms with Crippen LogP contribution in [0.3, 0.4) is 0 Å². The zero-order valence-electron chi connectivity index (χ0n) is 11.4. The van der Waals surface area contributed by atoms with Crippen LogP contribution in [0.15, 0.2) is 29.1 Å². The van der Waals surface area contributed by atoms with E-state index in [1.54, 1.807) is 6.07 Å². The summed E-state index contributed by atoms with van der Waals surface area (Å²) in [5.41, 5.74) is 0.656. The highest BCUT2D eigenvalue weighted by Gasteiger charge is 2.19. The number of nitrogens with one attached hydrogen (secondary N) is 1. The monoisotopic (exact) mass is 273 g/mol. The van der Waals surface area contributed by atoms with Crippen molar-refractivity contribution < 1.29 is 5.11 Å². The molecule has 1 aliphatic heterocycles. The van der Waals surface area contributed by atoms with Gasteiger partial charge < -0.3 is 10.1 Å². The quantitative estimate of drug-likeness (QED) is 0.879. The highest BCUT2D eigenvalue weighted by atomic mass is 16.3. The van der Waals surface area contributed by atoms with Crippen molar-refractivity contribution in [1.82, 2.24) is 14.9 Å². The number of aromatic nitrogens is 2. The molecule has 1 aromatic heterocycles. The highest BCUT2D eigenvalue weighted by Crippen LogP contribution is 2.17. The molecule has 2 heterocycles. The number of piperidine rings is 1. The van der Waals surface area contributed by atoms with Crippen molar-refractivity contribution in [2.45, 2.75) is 19.4 Å². The number of hydrogen-bond acceptors (Lipinski definition) is 4. The minimum Gasteiger partial charge on any atom is -0.396 e. The van der Waals surface area contributed by atoms with Gasteiger partial charge in [-0.15, -0.1) is 0 Å². The zero-order chi connectivity index (χ0) is 13.9. The average Bonchev–Trinajstić information content (AvgIpc) is 2.47. The van der Waals surface area contributed by atoms with Gasteiger partial charge >= 0.3 is 0 Å². The summed E-state index contributed by atoms with van der Waals surface area (Å²) >= 11 is 0. The second kappa shape index (κ2) is 5.73. The van der Waals surface area contributed by atoms with Gasteiger partial charge in [0.1, 0.15) is 5.82 Å². The molecule has 106 valence electrons. The molecule has 5 nitrogen and oxygen atoms in total. The predicted octanol–water partition coefficient (Wildman–Crippen LogP) is 1.13. The van der Waals surface area contributed by atoms with Crippen LogP contribution in [-0.4, -0.2) is 39.7 Å². The van der Waals surface area contributed by atoms with Gasteiger partial charge in [-0.05, 0) is 37.4 Å². The standard InChI is InChI=1S/C15H19N3O2/c19-10-11-4-3-7-18(8-11)9-14-16-13-6-2-1-5-12(13)15(20)17-14/h1-2,5-6,11,19H,3-4,7-10H2,(H,16,17,20). The summed E-state index contributed by atoms with van der Waals surface area (Å²) in [5, 5.41) is 9.89. The summed E-state index contributed by atoms with van der Waals surface area (Å²) in [4.78, 5) is 21.6. The lowest BCUT2D eigenvalue weighted by Gasteiger charge is -2.31. The maximum atomic E-state index is 12.0. The summed E-state index contributed by atoms with van der Waals surface area (Å²) in [6, 6.07) is 7.38. The number of nitrogens with zero attached hydrogens (tertiary/aromatic N) is 2. The summed E-state index contributed by atoms with van der Waals surface area (Å²) in [6.07, 6.45) is 2.16. The first-order chi connectivity index (χ1) is 9.76. The second-order valence-electron chi connectivity index (χ2n) is 5.46. The fraction of sp³-hybridized carbons (Fsp3) is 0.467. The fourth-order valence-electron chi connectivity index (χ4n) is 2.87. The molecule has 5 heteroatoms. The topological polar surface area (TPSA) is 69.2 Å². The van der Waals surface area contributed by atoms with Crippen LogP contribution in [0.4, 0.5) is 0 Å². The molecule has 0 bridgehead atoms. The number of aliphatic hydroxyl groups is 1. The van der Waals surface area contributed by atoms with Crippen LogP contribution in [0.1, 0.15) is 18.7 Å². The van der Waals surface area contributed by atoms with Crippen molar-refractivity contribution in [1.29, 1.82) is 0 Å². The number of hydrogen-bond donors (Lipinski definition) is 2. The maximum Gasteiger partial charge on any atom is 0.258 e. The molecule has 20 heavy (non-hydrogen) atoms. The van der Waals surface area contributed by atoms with Crippen molar-refractivity contribution in [2.24, 2.45) is 5.92 Å². The first-order valence-electron chi connectivity index (χ1n) is 7.07. The summed E-state index contributed by atoms with van der Waals surface area (Å²) in [7, 11) is 0. The smallest absolute Gasteiger partial charge is 0.258 e. The van der Waals surface area contributed by atoms with E-state index in [0.29, 0.717) is 23.7 Å². The third kappa shape index (κ3) is 2.73. The molecule has 1 saturated heterocycles. The van der Waals surface area contributed by atoms with E-state index < -0.39 is 0 Å². The van der Waals surface area contributed by atoms with E-state index in [4.69, 9.17) is 0 Å². The molecule has 1 atom stereocenters. The largest absolute Gasteiger partial charge is 0.396 e. The Hall–Kier alpha value is -1.72. The molecule has 1 aromatic carbocycles. The third-order valence-electron chi connectivity index (χ3n) is 3.90. The number of likely N-dealkylation sites (tertiary alicyclic amines) is 1. The average molecular weight is 273 g/mol. The van der Waals surface area contributed by atoms with Crippen LogP contribution in [0.25, 0.3) is 10.9 Å². The van der Waals surface area contributed by atoms with Crippen LogP contribution in [0.5, 0.6) is 0 Å². The Kier molecular flexibility index (Phi) is 3.80. The Labute approximate surface area is 117 Å².